The first kappa shape index (κ1) is 19.3. The van der Waals surface area contributed by atoms with Gasteiger partial charge in [-0.3, -0.25) is 9.36 Å². The van der Waals surface area contributed by atoms with Crippen molar-refractivity contribution >= 4 is 33.8 Å². The average Bonchev–Trinajstić information content (AvgIpc) is 3.07. The van der Waals surface area contributed by atoms with E-state index in [-0.39, 0.29) is 15.9 Å². The summed E-state index contributed by atoms with van der Waals surface area (Å²) in [5.41, 5.74) is 0.950. The zero-order chi connectivity index (χ0) is 21.3. The Balaban J connectivity index is 2.09. The molecule has 0 atom stereocenters. The summed E-state index contributed by atoms with van der Waals surface area (Å²) in [5.74, 6) is -0.466. The molecule has 0 bridgehead atoms. The number of nitrogens with zero attached hydrogens (tertiary/aromatic N) is 3. The van der Waals surface area contributed by atoms with E-state index < -0.39 is 11.4 Å². The van der Waals surface area contributed by atoms with E-state index in [1.807, 2.05) is 54.6 Å². The van der Waals surface area contributed by atoms with Crippen LogP contribution in [0.1, 0.15) is 11.1 Å². The summed E-state index contributed by atoms with van der Waals surface area (Å²) in [6, 6.07) is 21.7. The van der Waals surface area contributed by atoms with Gasteiger partial charge in [-0.25, -0.2) is 4.39 Å². The van der Waals surface area contributed by atoms with Crippen molar-refractivity contribution in [3.8, 4) is 17.8 Å². The number of aryl methyl sites for hydroxylation is 1. The molecule has 4 aromatic rings. The number of hydrogen-bond donors (Lipinski definition) is 0. The summed E-state index contributed by atoms with van der Waals surface area (Å²) in [4.78, 5) is 13.3. The highest BCUT2D eigenvalue weighted by Crippen LogP contribution is 2.19. The molecular formula is C24H14FN3OS. The molecule has 0 spiro atoms. The summed E-state index contributed by atoms with van der Waals surface area (Å²) < 4.78 is 15.9. The highest BCUT2D eigenvalue weighted by atomic mass is 32.1. The summed E-state index contributed by atoms with van der Waals surface area (Å²) in [7, 11) is 0. The highest BCUT2D eigenvalue weighted by molar-refractivity contribution is 7.07. The fourth-order valence-corrected chi connectivity index (χ4v) is 4.29. The van der Waals surface area contributed by atoms with E-state index >= 15 is 0 Å². The van der Waals surface area contributed by atoms with Crippen molar-refractivity contribution in [2.24, 2.45) is 0 Å². The third kappa shape index (κ3) is 3.30. The van der Waals surface area contributed by atoms with Gasteiger partial charge in [-0.15, -0.1) is 11.3 Å². The summed E-state index contributed by atoms with van der Waals surface area (Å²) in [6.07, 6.45) is 1.74. The Morgan fingerprint density at radius 2 is 1.80 bits per heavy atom. The van der Waals surface area contributed by atoms with Crippen LogP contribution < -0.4 is 14.8 Å². The zero-order valence-electron chi connectivity index (χ0n) is 15.9. The minimum atomic E-state index is -0.466. The summed E-state index contributed by atoms with van der Waals surface area (Å²) >= 11 is 1.04. The number of halogens is 1. The Labute approximate surface area is 175 Å². The minimum Gasteiger partial charge on any atom is -0.267 e. The number of aromatic nitrogens is 1. The van der Waals surface area contributed by atoms with Crippen molar-refractivity contribution in [1.29, 1.82) is 10.5 Å². The van der Waals surface area contributed by atoms with Crippen LogP contribution in [0.25, 0.3) is 28.1 Å². The molecule has 3 aromatic carbocycles. The second kappa shape index (κ2) is 7.79. The van der Waals surface area contributed by atoms with Crippen molar-refractivity contribution in [3.63, 3.8) is 0 Å². The van der Waals surface area contributed by atoms with Crippen LogP contribution in [0.3, 0.4) is 0 Å². The van der Waals surface area contributed by atoms with Crippen LogP contribution in [0.4, 0.5) is 4.39 Å². The molecule has 0 saturated carbocycles. The second-order valence-electron chi connectivity index (χ2n) is 6.66. The van der Waals surface area contributed by atoms with E-state index in [4.69, 9.17) is 0 Å². The largest absolute Gasteiger partial charge is 0.273 e. The maximum Gasteiger partial charge on any atom is 0.273 e. The van der Waals surface area contributed by atoms with Gasteiger partial charge in [0.15, 0.2) is 5.57 Å². The minimum absolute atomic E-state index is 0.180. The Hall–Kier alpha value is -4.00. The van der Waals surface area contributed by atoms with Gasteiger partial charge in [0.1, 0.15) is 22.6 Å². The maximum atomic E-state index is 14.2. The van der Waals surface area contributed by atoms with Crippen LogP contribution in [0, 0.1) is 35.4 Å². The van der Waals surface area contributed by atoms with Gasteiger partial charge < -0.3 is 0 Å². The predicted octanol–water partition coefficient (Wildman–Crippen LogP) is 3.53. The molecule has 0 aliphatic carbocycles. The molecule has 0 aliphatic heterocycles. The van der Waals surface area contributed by atoms with Gasteiger partial charge in [0, 0.05) is 0 Å². The number of hydrogen-bond acceptors (Lipinski definition) is 4. The second-order valence-corrected chi connectivity index (χ2v) is 7.69. The van der Waals surface area contributed by atoms with Crippen molar-refractivity contribution in [1.82, 2.24) is 4.57 Å². The van der Waals surface area contributed by atoms with Gasteiger partial charge >= 0.3 is 0 Å². The molecule has 4 rings (SSSR count). The third-order valence-corrected chi connectivity index (χ3v) is 5.88. The van der Waals surface area contributed by atoms with E-state index in [1.54, 1.807) is 25.1 Å². The quantitative estimate of drug-likeness (QED) is 0.507. The lowest BCUT2D eigenvalue weighted by Crippen LogP contribution is -2.30. The van der Waals surface area contributed by atoms with Crippen LogP contribution in [0.15, 0.2) is 65.5 Å². The van der Waals surface area contributed by atoms with Gasteiger partial charge in [-0.05, 0) is 47.0 Å². The van der Waals surface area contributed by atoms with Gasteiger partial charge in [-0.2, -0.15) is 10.5 Å². The molecule has 0 unspecified atom stereocenters. The van der Waals surface area contributed by atoms with E-state index in [0.29, 0.717) is 10.1 Å². The number of benzene rings is 3. The van der Waals surface area contributed by atoms with Crippen LogP contribution >= 0.6 is 11.3 Å². The van der Waals surface area contributed by atoms with Gasteiger partial charge in [0.25, 0.3) is 5.56 Å². The van der Waals surface area contributed by atoms with E-state index in [2.05, 4.69) is 0 Å². The molecule has 0 radical (unpaired) electrons. The number of rotatable bonds is 2. The van der Waals surface area contributed by atoms with Crippen molar-refractivity contribution < 1.29 is 4.39 Å². The number of nitriles is 2. The van der Waals surface area contributed by atoms with Gasteiger partial charge in [-0.1, -0.05) is 48.5 Å². The lowest BCUT2D eigenvalue weighted by molar-refractivity contribution is 0.617. The predicted molar refractivity (Wildman–Crippen MR) is 116 cm³/mol. The van der Waals surface area contributed by atoms with Gasteiger partial charge in [0.2, 0.25) is 0 Å². The molecule has 0 amide bonds. The Bertz CT molecular complexity index is 1540. The molecule has 144 valence electrons. The Morgan fingerprint density at radius 3 is 2.53 bits per heavy atom. The topological polar surface area (TPSA) is 69.6 Å². The summed E-state index contributed by atoms with van der Waals surface area (Å²) in [6.45, 7) is 1.62. The Morgan fingerprint density at radius 1 is 1.07 bits per heavy atom. The third-order valence-electron chi connectivity index (χ3n) is 4.78. The van der Waals surface area contributed by atoms with Crippen molar-refractivity contribution in [2.45, 2.75) is 6.92 Å². The first-order valence-corrected chi connectivity index (χ1v) is 9.87. The Kier molecular flexibility index (Phi) is 5.02. The molecule has 0 N–H and O–H groups in total. The smallest absolute Gasteiger partial charge is 0.267 e. The fourth-order valence-electron chi connectivity index (χ4n) is 3.24. The van der Waals surface area contributed by atoms with Crippen LogP contribution in [-0.2, 0) is 0 Å². The molecular weight excluding hydrogens is 397 g/mol. The normalized spacial score (nSPS) is 11.3. The molecule has 6 heteroatoms. The van der Waals surface area contributed by atoms with Gasteiger partial charge in [0.05, 0.1) is 10.2 Å². The zero-order valence-corrected chi connectivity index (χ0v) is 16.7. The molecule has 0 fully saturated rings. The molecule has 1 aromatic heterocycles. The van der Waals surface area contributed by atoms with Crippen molar-refractivity contribution in [3.05, 3.63) is 97.2 Å². The van der Waals surface area contributed by atoms with E-state index in [9.17, 15) is 19.7 Å². The monoisotopic (exact) mass is 411 g/mol. The number of thiazole rings is 1. The lowest BCUT2D eigenvalue weighted by Gasteiger charge is -2.04. The molecule has 1 heterocycles. The van der Waals surface area contributed by atoms with E-state index in [0.717, 1.165) is 27.7 Å². The SMILES string of the molecule is Cc1ccc(-n2c(=C(C#N)C#N)s/c(=C/c3cccc4ccccc34)c2=O)cc1F. The van der Waals surface area contributed by atoms with E-state index in [1.165, 1.54) is 10.6 Å². The number of fused-ring (bicyclic) bond motifs is 1. The van der Waals surface area contributed by atoms with Crippen LogP contribution in [0.2, 0.25) is 0 Å². The molecule has 0 aliphatic rings. The maximum absolute atomic E-state index is 14.2. The first-order chi connectivity index (χ1) is 14.5. The standard InChI is InChI=1S/C24H14FN3OS/c1-15-9-10-19(12-21(15)25)28-23(29)22(30-24(28)18(13-26)14-27)11-17-7-4-6-16-5-2-3-8-20(16)17/h2-12H,1H3/b22-11+. The molecule has 4 nitrogen and oxygen atoms in total. The van der Waals surface area contributed by atoms with Crippen molar-refractivity contribution in [2.75, 3.05) is 0 Å². The molecule has 0 saturated heterocycles. The van der Waals surface area contributed by atoms with Crippen LogP contribution in [-0.4, -0.2) is 4.57 Å². The first-order valence-electron chi connectivity index (χ1n) is 9.06. The molecule has 30 heavy (non-hydrogen) atoms. The lowest BCUT2D eigenvalue weighted by atomic mass is 10.0. The van der Waals surface area contributed by atoms with Crippen LogP contribution in [0.5, 0.6) is 0 Å². The average molecular weight is 411 g/mol. The fraction of sp³-hybridized carbons (Fsp3) is 0.0417. The summed E-state index contributed by atoms with van der Waals surface area (Å²) in [5, 5.41) is 20.8. The highest BCUT2D eigenvalue weighted by Gasteiger charge is 2.13.